The number of nitrogen functional groups attached to an aromatic ring is 1. The van der Waals surface area contributed by atoms with Crippen molar-refractivity contribution in [3.05, 3.63) is 65.2 Å². The Morgan fingerprint density at radius 3 is 2.10 bits per heavy atom. The zero-order valence-corrected chi connectivity index (χ0v) is 27.6. The Morgan fingerprint density at radius 1 is 1.00 bits per heavy atom. The topological polar surface area (TPSA) is 259 Å². The molecule has 1 aliphatic heterocycles. The molecule has 4 amide bonds. The van der Waals surface area contributed by atoms with Gasteiger partial charge in [-0.05, 0) is 49.1 Å². The Morgan fingerprint density at radius 2 is 1.59 bits per heavy atom. The molecule has 0 bridgehead atoms. The number of halogens is 3. The molecule has 0 radical (unpaired) electrons. The molecule has 0 spiro atoms. The first-order chi connectivity index (χ1) is 24.0. The van der Waals surface area contributed by atoms with Gasteiger partial charge in [-0.1, -0.05) is 24.3 Å². The second-order valence-electron chi connectivity index (χ2n) is 11.1. The van der Waals surface area contributed by atoms with E-state index in [1.807, 2.05) is 0 Å². The first kappa shape index (κ1) is 41.5. The van der Waals surface area contributed by atoms with E-state index in [9.17, 15) is 42.3 Å². The van der Waals surface area contributed by atoms with Crippen LogP contribution in [0.2, 0.25) is 0 Å². The minimum Gasteiger partial charge on any atom is -0.497 e. The lowest BCUT2D eigenvalue weighted by Crippen LogP contribution is -2.63. The average Bonchev–Trinajstić information content (AvgIpc) is 3.08. The van der Waals surface area contributed by atoms with Crippen LogP contribution in [0, 0.1) is 5.41 Å². The Kier molecular flexibility index (Phi) is 15.8. The number of carboxylic acids is 2. The number of carbonyl (C=O) groups excluding carboxylic acids is 4. The molecule has 0 saturated carbocycles. The molecule has 1 heterocycles. The lowest BCUT2D eigenvalue weighted by molar-refractivity contribution is -0.192. The molecule has 0 aromatic heterocycles. The summed E-state index contributed by atoms with van der Waals surface area (Å²) in [6.07, 6.45) is -3.76. The maximum absolute atomic E-state index is 14.1. The van der Waals surface area contributed by atoms with Crippen molar-refractivity contribution in [3.63, 3.8) is 0 Å². The number of nitrogens with two attached hydrogens (primary N) is 2. The van der Waals surface area contributed by atoms with Crippen LogP contribution in [-0.2, 0) is 30.4 Å². The summed E-state index contributed by atoms with van der Waals surface area (Å²) in [6, 6.07) is 11.1. The summed E-state index contributed by atoms with van der Waals surface area (Å²) >= 11 is 0. The molecule has 51 heavy (non-hydrogen) atoms. The van der Waals surface area contributed by atoms with Crippen molar-refractivity contribution in [1.29, 1.82) is 5.41 Å². The van der Waals surface area contributed by atoms with E-state index in [-0.39, 0.29) is 49.8 Å². The van der Waals surface area contributed by atoms with Gasteiger partial charge in [-0.15, -0.1) is 0 Å². The van der Waals surface area contributed by atoms with Crippen LogP contribution in [0.4, 0.5) is 13.2 Å². The number of piperazine rings is 1. The van der Waals surface area contributed by atoms with Crippen LogP contribution in [0.3, 0.4) is 0 Å². The number of hydrogen-bond donors (Lipinski definition) is 7. The molecule has 1 aliphatic rings. The molecule has 278 valence electrons. The minimum atomic E-state index is -5.08. The van der Waals surface area contributed by atoms with Crippen LogP contribution >= 0.6 is 0 Å². The van der Waals surface area contributed by atoms with Crippen LogP contribution in [0.5, 0.6) is 5.75 Å². The predicted octanol–water partition coefficient (Wildman–Crippen LogP) is 0.323. The fourth-order valence-corrected chi connectivity index (χ4v) is 4.90. The van der Waals surface area contributed by atoms with E-state index in [2.05, 4.69) is 10.6 Å². The van der Waals surface area contributed by atoms with Gasteiger partial charge in [0.1, 0.15) is 30.2 Å². The Bertz CT molecular complexity index is 1550. The number of hydrogen-bond acceptors (Lipinski definition) is 9. The van der Waals surface area contributed by atoms with Crippen LogP contribution < -0.4 is 26.8 Å². The third kappa shape index (κ3) is 13.3. The Hall–Kier alpha value is -5.72. The van der Waals surface area contributed by atoms with Gasteiger partial charge in [0.2, 0.25) is 17.7 Å². The molecule has 16 nitrogen and oxygen atoms in total. The van der Waals surface area contributed by atoms with Crippen LogP contribution in [-0.4, -0.2) is 120 Å². The van der Waals surface area contributed by atoms with E-state index in [1.165, 1.54) is 41.2 Å². The van der Waals surface area contributed by atoms with Gasteiger partial charge in [-0.3, -0.25) is 29.4 Å². The van der Waals surface area contributed by atoms with E-state index >= 15 is 0 Å². The zero-order chi connectivity index (χ0) is 38.3. The lowest BCUT2D eigenvalue weighted by Gasteiger charge is -2.41. The minimum absolute atomic E-state index is 0.0235. The summed E-state index contributed by atoms with van der Waals surface area (Å²) in [4.78, 5) is 75.2. The lowest BCUT2D eigenvalue weighted by atomic mass is 9.99. The SMILES string of the molecule is COc1ccc(CC(NC(=O)c2ccc(C(=N)N)cc2)C(=O)N2CCN(CC(=O)O)C(=O)[C@@H]2CCCCNC(=O)CN)cc1.O=C(O)C(F)(F)F. The number of methoxy groups -OCH3 is 1. The number of aliphatic carboxylic acids is 2. The number of benzene rings is 2. The molecular formula is C32H40F3N7O9. The summed E-state index contributed by atoms with van der Waals surface area (Å²) in [6.45, 7) is -0.200. The number of rotatable bonds is 15. The highest BCUT2D eigenvalue weighted by atomic mass is 19.4. The van der Waals surface area contributed by atoms with Crippen molar-refractivity contribution in [1.82, 2.24) is 20.4 Å². The molecule has 2 aromatic rings. The molecule has 0 aliphatic carbocycles. The predicted molar refractivity (Wildman–Crippen MR) is 175 cm³/mol. The standard InChI is InChI=1S/C30H39N7O7.C2HF3O2/c1-44-22-11-5-19(6-12-22)16-23(35-28(41)21-9-7-20(8-10-21)27(32)33)29(42)37-15-14-36(18-26(39)40)30(43)24(37)4-2-3-13-34-25(38)17-31;3-2(4,5)1(6)7/h5-12,23-24H,2-4,13-18,31H2,1H3,(H3,32,33)(H,34,38)(H,35,41)(H,39,40);(H,6,7)/t23?,24-;/m0./s1. The highest BCUT2D eigenvalue weighted by Gasteiger charge is 2.40. The summed E-state index contributed by atoms with van der Waals surface area (Å²) in [5.74, 6) is -5.27. The van der Waals surface area contributed by atoms with Crippen LogP contribution in [0.1, 0.15) is 40.7 Å². The fraction of sp³-hybridized carbons (Fsp3) is 0.406. The first-order valence-electron chi connectivity index (χ1n) is 15.4. The van der Waals surface area contributed by atoms with Gasteiger partial charge in [0.05, 0.1) is 13.7 Å². The van der Waals surface area contributed by atoms with Gasteiger partial charge in [-0.2, -0.15) is 13.2 Å². The van der Waals surface area contributed by atoms with Crippen molar-refractivity contribution in [2.75, 3.05) is 39.8 Å². The van der Waals surface area contributed by atoms with Gasteiger partial charge >= 0.3 is 18.1 Å². The number of carbonyl (C=O) groups is 6. The zero-order valence-electron chi connectivity index (χ0n) is 27.6. The number of ether oxygens (including phenoxy) is 1. The van der Waals surface area contributed by atoms with Crippen LogP contribution in [0.25, 0.3) is 0 Å². The van der Waals surface area contributed by atoms with Crippen molar-refractivity contribution >= 4 is 41.4 Å². The van der Waals surface area contributed by atoms with Gasteiger partial charge in [0, 0.05) is 37.2 Å². The quantitative estimate of drug-likeness (QED) is 0.0748. The monoisotopic (exact) mass is 723 g/mol. The number of carboxylic acid groups (broad SMARTS) is 2. The highest BCUT2D eigenvalue weighted by molar-refractivity contribution is 6.00. The molecule has 1 saturated heterocycles. The van der Waals surface area contributed by atoms with E-state index < -0.39 is 54.5 Å². The van der Waals surface area contributed by atoms with Gasteiger partial charge < -0.3 is 46.9 Å². The van der Waals surface area contributed by atoms with E-state index in [4.69, 9.17) is 31.5 Å². The summed E-state index contributed by atoms with van der Waals surface area (Å²) in [5.41, 5.74) is 12.3. The number of amidine groups is 1. The van der Waals surface area contributed by atoms with Gasteiger partial charge in [0.25, 0.3) is 5.91 Å². The normalized spacial score (nSPS) is 14.8. The molecule has 1 fully saturated rings. The Labute approximate surface area is 290 Å². The molecular weight excluding hydrogens is 683 g/mol. The van der Waals surface area contributed by atoms with Gasteiger partial charge in [-0.25, -0.2) is 4.79 Å². The molecule has 2 atom stereocenters. The van der Waals surface area contributed by atoms with Crippen molar-refractivity contribution in [2.45, 2.75) is 43.9 Å². The third-order valence-electron chi connectivity index (χ3n) is 7.51. The molecule has 2 aromatic carbocycles. The second-order valence-corrected chi connectivity index (χ2v) is 11.1. The maximum atomic E-state index is 14.1. The van der Waals surface area contributed by atoms with Crippen molar-refractivity contribution in [3.8, 4) is 5.75 Å². The van der Waals surface area contributed by atoms with E-state index in [0.29, 0.717) is 30.7 Å². The van der Waals surface area contributed by atoms with Crippen molar-refractivity contribution in [2.24, 2.45) is 11.5 Å². The molecule has 19 heteroatoms. The van der Waals surface area contributed by atoms with E-state index in [1.54, 1.807) is 24.3 Å². The van der Waals surface area contributed by atoms with Crippen molar-refractivity contribution < 1.29 is 56.9 Å². The van der Waals surface area contributed by atoms with Crippen LogP contribution in [0.15, 0.2) is 48.5 Å². The second kappa shape index (κ2) is 19.5. The van der Waals surface area contributed by atoms with E-state index in [0.717, 1.165) is 5.56 Å². The smallest absolute Gasteiger partial charge is 0.490 e. The largest absolute Gasteiger partial charge is 0.497 e. The number of nitrogens with zero attached hydrogens (tertiary/aromatic N) is 2. The number of alkyl halides is 3. The summed E-state index contributed by atoms with van der Waals surface area (Å²) < 4.78 is 37.0. The molecule has 3 rings (SSSR count). The third-order valence-corrected chi connectivity index (χ3v) is 7.51. The summed E-state index contributed by atoms with van der Waals surface area (Å²) in [7, 11) is 1.53. The molecule has 1 unspecified atom stereocenters. The molecule has 9 N–H and O–H groups in total. The number of unbranched alkanes of at least 4 members (excludes halogenated alkanes) is 1. The fourth-order valence-electron chi connectivity index (χ4n) is 4.90. The maximum Gasteiger partial charge on any atom is 0.490 e. The first-order valence-corrected chi connectivity index (χ1v) is 15.4. The average molecular weight is 724 g/mol. The van der Waals surface area contributed by atoms with Gasteiger partial charge in [0.15, 0.2) is 0 Å². The number of amides is 4. The summed E-state index contributed by atoms with van der Waals surface area (Å²) in [5, 5.41) is 29.5. The highest BCUT2D eigenvalue weighted by Crippen LogP contribution is 2.21. The Balaban J connectivity index is 0.00000116. The number of nitrogens with one attached hydrogen (secondary N) is 3.